The molecule has 110 valence electrons. The first-order chi connectivity index (χ1) is 10.5. The van der Waals surface area contributed by atoms with Crippen molar-refractivity contribution in [3.8, 4) is 16.9 Å². The fourth-order valence-electron chi connectivity index (χ4n) is 2.25. The van der Waals surface area contributed by atoms with Crippen molar-refractivity contribution < 1.29 is 14.3 Å². The smallest absolute Gasteiger partial charge is 0.123 e. The minimum absolute atomic E-state index is 0.00470. The highest BCUT2D eigenvalue weighted by Crippen LogP contribution is 2.24. The van der Waals surface area contributed by atoms with Crippen molar-refractivity contribution >= 4 is 5.97 Å². The topological polar surface area (TPSA) is 58.0 Å². The summed E-state index contributed by atoms with van der Waals surface area (Å²) in [6, 6.07) is 13.0. The van der Waals surface area contributed by atoms with Gasteiger partial charge >= 0.3 is 0 Å². The van der Waals surface area contributed by atoms with E-state index in [-0.39, 0.29) is 11.4 Å². The third kappa shape index (κ3) is 2.61. The van der Waals surface area contributed by atoms with Gasteiger partial charge in [-0.25, -0.2) is 9.07 Å². The van der Waals surface area contributed by atoms with Gasteiger partial charge in [0, 0.05) is 17.3 Å². The van der Waals surface area contributed by atoms with Crippen molar-refractivity contribution in [2.75, 3.05) is 0 Å². The highest BCUT2D eigenvalue weighted by molar-refractivity contribution is 5.93. The first-order valence-electron chi connectivity index (χ1n) is 6.68. The second-order valence-electron chi connectivity index (χ2n) is 4.97. The van der Waals surface area contributed by atoms with E-state index in [4.69, 9.17) is 0 Å². The molecular weight excluding hydrogens is 283 g/mol. The third-order valence-electron chi connectivity index (χ3n) is 3.32. The Kier molecular flexibility index (Phi) is 3.47. The van der Waals surface area contributed by atoms with Gasteiger partial charge in [0.2, 0.25) is 0 Å². The number of hydrogen-bond acceptors (Lipinski definition) is 3. The molecule has 0 aliphatic rings. The molecule has 22 heavy (non-hydrogen) atoms. The summed E-state index contributed by atoms with van der Waals surface area (Å²) in [4.78, 5) is 11.4. The molecule has 0 aliphatic carbocycles. The Morgan fingerprint density at radius 1 is 1.18 bits per heavy atom. The summed E-state index contributed by atoms with van der Waals surface area (Å²) in [6.45, 7) is 1.92. The largest absolute Gasteiger partial charge is 0.545 e. The molecule has 0 spiro atoms. The number of carboxylic acid groups (broad SMARTS) is 1. The number of nitrogens with zero attached hydrogens (tertiary/aromatic N) is 2. The molecule has 0 bridgehead atoms. The number of carbonyl (C=O) groups is 1. The second kappa shape index (κ2) is 5.44. The Hall–Kier alpha value is -2.95. The lowest BCUT2D eigenvalue weighted by Crippen LogP contribution is -2.22. The van der Waals surface area contributed by atoms with E-state index in [1.54, 1.807) is 6.07 Å². The molecule has 0 saturated carbocycles. The Morgan fingerprint density at radius 3 is 2.55 bits per heavy atom. The Labute approximate surface area is 126 Å². The predicted molar refractivity (Wildman–Crippen MR) is 78.0 cm³/mol. The van der Waals surface area contributed by atoms with Gasteiger partial charge in [0.25, 0.3) is 0 Å². The summed E-state index contributed by atoms with van der Waals surface area (Å²) < 4.78 is 14.4. The zero-order valence-electron chi connectivity index (χ0n) is 11.8. The number of carbonyl (C=O) groups excluding carboxylic acids is 1. The van der Waals surface area contributed by atoms with Crippen molar-refractivity contribution in [3.05, 3.63) is 71.7 Å². The summed E-state index contributed by atoms with van der Waals surface area (Å²) in [7, 11) is 0. The van der Waals surface area contributed by atoms with E-state index < -0.39 is 5.97 Å². The molecule has 1 heterocycles. The van der Waals surface area contributed by atoms with Gasteiger partial charge in [0.15, 0.2) is 0 Å². The highest BCUT2D eigenvalue weighted by Gasteiger charge is 2.13. The number of halogens is 1. The summed E-state index contributed by atoms with van der Waals surface area (Å²) in [5.41, 5.74) is 2.59. The lowest BCUT2D eigenvalue weighted by Gasteiger charge is -2.03. The standard InChI is InChI=1S/C17H13FN2O2/c1-11-3-2-4-12(9-11)16-15(17(21)22)10-20(19-16)14-7-5-13(18)6-8-14/h2-10H,1H3,(H,21,22)/p-1. The van der Waals surface area contributed by atoms with Gasteiger partial charge in [0.05, 0.1) is 11.7 Å². The third-order valence-corrected chi connectivity index (χ3v) is 3.32. The lowest BCUT2D eigenvalue weighted by molar-refractivity contribution is -0.254. The van der Waals surface area contributed by atoms with Crippen LogP contribution in [0.4, 0.5) is 4.39 Å². The second-order valence-corrected chi connectivity index (χ2v) is 4.97. The zero-order chi connectivity index (χ0) is 15.7. The minimum atomic E-state index is -1.30. The van der Waals surface area contributed by atoms with E-state index in [1.165, 1.54) is 35.1 Å². The molecule has 1 aromatic heterocycles. The molecule has 5 heteroatoms. The Bertz CT molecular complexity index is 838. The first-order valence-corrected chi connectivity index (χ1v) is 6.68. The van der Waals surface area contributed by atoms with Crippen LogP contribution in [0.1, 0.15) is 15.9 Å². The van der Waals surface area contributed by atoms with E-state index in [0.717, 1.165) is 5.56 Å². The maximum absolute atomic E-state index is 13.0. The molecule has 0 aliphatic heterocycles. The van der Waals surface area contributed by atoms with E-state index >= 15 is 0 Å². The quantitative estimate of drug-likeness (QED) is 0.745. The van der Waals surface area contributed by atoms with Crippen molar-refractivity contribution in [2.24, 2.45) is 0 Å². The molecule has 0 amide bonds. The van der Waals surface area contributed by atoms with Crippen molar-refractivity contribution in [3.63, 3.8) is 0 Å². The molecule has 0 atom stereocenters. The van der Waals surface area contributed by atoms with E-state index in [0.29, 0.717) is 16.9 Å². The average molecular weight is 295 g/mol. The summed E-state index contributed by atoms with van der Waals surface area (Å²) in [5.74, 6) is -1.67. The fourth-order valence-corrected chi connectivity index (χ4v) is 2.25. The van der Waals surface area contributed by atoms with Crippen LogP contribution >= 0.6 is 0 Å². The molecule has 0 saturated heterocycles. The van der Waals surface area contributed by atoms with Gasteiger partial charge in [-0.2, -0.15) is 5.10 Å². The summed E-state index contributed by atoms with van der Waals surface area (Å²) in [6.07, 6.45) is 1.38. The lowest BCUT2D eigenvalue weighted by atomic mass is 10.1. The Morgan fingerprint density at radius 2 is 1.91 bits per heavy atom. The van der Waals surface area contributed by atoms with Crippen LogP contribution in [0.5, 0.6) is 0 Å². The highest BCUT2D eigenvalue weighted by atomic mass is 19.1. The van der Waals surface area contributed by atoms with Crippen LogP contribution in [-0.4, -0.2) is 15.7 Å². The molecule has 0 N–H and O–H groups in total. The number of rotatable bonds is 3. The maximum atomic E-state index is 13.0. The number of hydrogen-bond donors (Lipinski definition) is 0. The number of carboxylic acids is 1. The van der Waals surface area contributed by atoms with Crippen LogP contribution in [-0.2, 0) is 0 Å². The molecule has 0 fully saturated rings. The fraction of sp³-hybridized carbons (Fsp3) is 0.0588. The van der Waals surface area contributed by atoms with Crippen LogP contribution < -0.4 is 5.11 Å². The van der Waals surface area contributed by atoms with Crippen LogP contribution in [0.2, 0.25) is 0 Å². The van der Waals surface area contributed by atoms with Gasteiger partial charge in [-0.15, -0.1) is 0 Å². The van der Waals surface area contributed by atoms with Crippen molar-refractivity contribution in [1.29, 1.82) is 0 Å². The van der Waals surface area contributed by atoms with Crippen LogP contribution in [0.15, 0.2) is 54.7 Å². The van der Waals surface area contributed by atoms with Gasteiger partial charge in [-0.1, -0.05) is 23.8 Å². The van der Waals surface area contributed by atoms with Gasteiger partial charge < -0.3 is 9.90 Å². The number of aryl methyl sites for hydroxylation is 1. The summed E-state index contributed by atoms with van der Waals surface area (Å²) >= 11 is 0. The van der Waals surface area contributed by atoms with Crippen molar-refractivity contribution in [1.82, 2.24) is 9.78 Å². The maximum Gasteiger partial charge on any atom is 0.123 e. The molecule has 4 nitrogen and oxygen atoms in total. The molecule has 3 rings (SSSR count). The monoisotopic (exact) mass is 295 g/mol. The van der Waals surface area contributed by atoms with Crippen LogP contribution in [0.25, 0.3) is 16.9 Å². The van der Waals surface area contributed by atoms with Crippen LogP contribution in [0.3, 0.4) is 0 Å². The number of aromatic carboxylic acids is 1. The molecular formula is C17H12FN2O2-. The molecule has 0 unspecified atom stereocenters. The van der Waals surface area contributed by atoms with Gasteiger partial charge in [0.1, 0.15) is 11.5 Å². The molecule has 2 aromatic carbocycles. The SMILES string of the molecule is Cc1cccc(-c2nn(-c3ccc(F)cc3)cc2C(=O)[O-])c1. The Balaban J connectivity index is 2.14. The van der Waals surface area contributed by atoms with Crippen molar-refractivity contribution in [2.45, 2.75) is 6.92 Å². The van der Waals surface area contributed by atoms with Gasteiger partial charge in [-0.05, 0) is 37.3 Å². The van der Waals surface area contributed by atoms with E-state index in [1.807, 2.05) is 25.1 Å². The predicted octanol–water partition coefficient (Wildman–Crippen LogP) is 2.35. The normalized spacial score (nSPS) is 10.6. The van der Waals surface area contributed by atoms with E-state index in [2.05, 4.69) is 5.10 Å². The van der Waals surface area contributed by atoms with E-state index in [9.17, 15) is 14.3 Å². The molecule has 0 radical (unpaired) electrons. The van der Waals surface area contributed by atoms with Gasteiger partial charge in [-0.3, -0.25) is 0 Å². The number of benzene rings is 2. The number of aromatic nitrogens is 2. The average Bonchev–Trinajstić information content (AvgIpc) is 2.93. The first kappa shape index (κ1) is 14.0. The molecule has 3 aromatic rings. The zero-order valence-corrected chi connectivity index (χ0v) is 11.8. The minimum Gasteiger partial charge on any atom is -0.545 e. The summed E-state index contributed by atoms with van der Waals surface area (Å²) in [5, 5.41) is 15.7. The van der Waals surface area contributed by atoms with Crippen LogP contribution in [0, 0.1) is 12.7 Å².